The van der Waals surface area contributed by atoms with Crippen molar-refractivity contribution in [3.63, 3.8) is 0 Å². The number of fused-ring (bicyclic) bond motifs is 1. The molecule has 1 aliphatic rings. The van der Waals surface area contributed by atoms with Crippen molar-refractivity contribution in [2.45, 2.75) is 5.37 Å². The van der Waals surface area contributed by atoms with Crippen LogP contribution >= 0.6 is 35.0 Å². The number of rotatable bonds is 2. The van der Waals surface area contributed by atoms with Crippen LogP contribution in [-0.4, -0.2) is 23.2 Å². The Hall–Kier alpha value is -1.88. The standard InChI is InChI=1S/C20H16Cl2N2OS/c21-14-8-9-16(17(22)12-14)19-24(10-11-26-19)20(25)23-18-7-3-5-13-4-1-2-6-15(13)18/h1-9,12,19H,10-11H2,(H,23,25)/t19-/m1/s1. The van der Waals surface area contributed by atoms with Crippen LogP contribution in [-0.2, 0) is 0 Å². The molecule has 6 heteroatoms. The summed E-state index contributed by atoms with van der Waals surface area (Å²) in [6.45, 7) is 0.672. The van der Waals surface area contributed by atoms with Gasteiger partial charge in [-0.3, -0.25) is 0 Å². The van der Waals surface area contributed by atoms with Crippen LogP contribution < -0.4 is 5.32 Å². The maximum absolute atomic E-state index is 13.0. The molecule has 1 saturated heterocycles. The van der Waals surface area contributed by atoms with Crippen LogP contribution in [0.3, 0.4) is 0 Å². The van der Waals surface area contributed by atoms with E-state index in [9.17, 15) is 4.79 Å². The molecule has 0 saturated carbocycles. The zero-order valence-corrected chi connectivity index (χ0v) is 16.1. The zero-order valence-electron chi connectivity index (χ0n) is 13.8. The number of carbonyl (C=O) groups excluding carboxylic acids is 1. The van der Waals surface area contributed by atoms with Crippen LogP contribution in [0.2, 0.25) is 10.0 Å². The second kappa shape index (κ2) is 7.39. The molecule has 3 aromatic rings. The van der Waals surface area contributed by atoms with E-state index in [0.29, 0.717) is 16.6 Å². The number of nitrogens with one attached hydrogen (secondary N) is 1. The van der Waals surface area contributed by atoms with E-state index in [1.807, 2.05) is 59.5 Å². The van der Waals surface area contributed by atoms with Crippen LogP contribution in [0.4, 0.5) is 10.5 Å². The molecule has 3 nitrogen and oxygen atoms in total. The molecule has 0 unspecified atom stereocenters. The molecule has 132 valence electrons. The lowest BCUT2D eigenvalue weighted by Gasteiger charge is -2.25. The van der Waals surface area contributed by atoms with Gasteiger partial charge >= 0.3 is 6.03 Å². The topological polar surface area (TPSA) is 32.3 Å². The van der Waals surface area contributed by atoms with Gasteiger partial charge in [-0.1, -0.05) is 65.7 Å². The average molecular weight is 403 g/mol. The molecule has 4 rings (SSSR count). The Labute approximate surface area is 166 Å². The Morgan fingerprint density at radius 3 is 2.73 bits per heavy atom. The van der Waals surface area contributed by atoms with Gasteiger partial charge in [0, 0.05) is 33.3 Å². The Balaban J connectivity index is 1.61. The Morgan fingerprint density at radius 2 is 1.88 bits per heavy atom. The minimum Gasteiger partial charge on any atom is -0.308 e. The van der Waals surface area contributed by atoms with Gasteiger partial charge in [0.25, 0.3) is 0 Å². The van der Waals surface area contributed by atoms with Gasteiger partial charge in [0.2, 0.25) is 0 Å². The summed E-state index contributed by atoms with van der Waals surface area (Å²) in [6.07, 6.45) is 0. The molecule has 1 atom stereocenters. The van der Waals surface area contributed by atoms with Gasteiger partial charge in [-0.2, -0.15) is 0 Å². The Kier molecular flexibility index (Phi) is 4.98. The van der Waals surface area contributed by atoms with Gasteiger partial charge in [-0.15, -0.1) is 11.8 Å². The third kappa shape index (κ3) is 3.37. The molecule has 26 heavy (non-hydrogen) atoms. The van der Waals surface area contributed by atoms with Crippen LogP contribution in [0.25, 0.3) is 10.8 Å². The predicted octanol–water partition coefficient (Wildman–Crippen LogP) is 6.43. The van der Waals surface area contributed by atoms with Crippen molar-refractivity contribution in [3.8, 4) is 0 Å². The number of hydrogen-bond acceptors (Lipinski definition) is 2. The van der Waals surface area contributed by atoms with Crippen LogP contribution in [0, 0.1) is 0 Å². The summed E-state index contributed by atoms with van der Waals surface area (Å²) in [5.74, 6) is 0.868. The van der Waals surface area contributed by atoms with E-state index in [-0.39, 0.29) is 11.4 Å². The van der Waals surface area contributed by atoms with Gasteiger partial charge in [0.15, 0.2) is 0 Å². The first-order chi connectivity index (χ1) is 12.6. The summed E-state index contributed by atoms with van der Waals surface area (Å²) in [4.78, 5) is 14.8. The molecule has 0 aromatic heterocycles. The van der Waals surface area contributed by atoms with E-state index in [1.165, 1.54) is 0 Å². The van der Waals surface area contributed by atoms with Crippen molar-refractivity contribution in [2.24, 2.45) is 0 Å². The van der Waals surface area contributed by atoms with Crippen LogP contribution in [0.15, 0.2) is 60.7 Å². The molecular formula is C20H16Cl2N2OS. The number of anilines is 1. The molecular weight excluding hydrogens is 387 g/mol. The molecule has 3 aromatic carbocycles. The largest absolute Gasteiger partial charge is 0.323 e. The molecule has 0 aliphatic carbocycles. The number of amides is 2. The predicted molar refractivity (Wildman–Crippen MR) is 111 cm³/mol. The SMILES string of the molecule is O=C(Nc1cccc2ccccc12)N1CCS[C@@H]1c1ccc(Cl)cc1Cl. The van der Waals surface area contributed by atoms with E-state index in [4.69, 9.17) is 23.2 Å². The third-order valence-electron chi connectivity index (χ3n) is 4.41. The fourth-order valence-electron chi connectivity index (χ4n) is 3.16. The number of thioether (sulfide) groups is 1. The number of urea groups is 1. The Bertz CT molecular complexity index is 974. The highest BCUT2D eigenvalue weighted by Crippen LogP contribution is 2.42. The Morgan fingerprint density at radius 1 is 1.08 bits per heavy atom. The minimum absolute atomic E-state index is 0.116. The highest BCUT2D eigenvalue weighted by molar-refractivity contribution is 7.99. The van der Waals surface area contributed by atoms with Crippen molar-refractivity contribution in [2.75, 3.05) is 17.6 Å². The highest BCUT2D eigenvalue weighted by Gasteiger charge is 2.32. The highest BCUT2D eigenvalue weighted by atomic mass is 35.5. The van der Waals surface area contributed by atoms with Gasteiger partial charge in [0.1, 0.15) is 5.37 Å². The summed E-state index contributed by atoms with van der Waals surface area (Å²) < 4.78 is 0. The van der Waals surface area contributed by atoms with Gasteiger partial charge in [-0.05, 0) is 23.6 Å². The summed E-state index contributed by atoms with van der Waals surface area (Å²) >= 11 is 14.1. The molecule has 1 N–H and O–H groups in total. The molecule has 0 spiro atoms. The number of nitrogens with zero attached hydrogens (tertiary/aromatic N) is 1. The summed E-state index contributed by atoms with van der Waals surface area (Å²) in [7, 11) is 0. The fourth-order valence-corrected chi connectivity index (χ4v) is 5.03. The maximum Gasteiger partial charge on any atom is 0.323 e. The first-order valence-electron chi connectivity index (χ1n) is 8.25. The van der Waals surface area contributed by atoms with E-state index >= 15 is 0 Å². The van der Waals surface area contributed by atoms with Gasteiger partial charge in [0.05, 0.1) is 5.69 Å². The maximum atomic E-state index is 13.0. The van der Waals surface area contributed by atoms with Gasteiger partial charge < -0.3 is 10.2 Å². The van der Waals surface area contributed by atoms with E-state index in [1.54, 1.807) is 17.8 Å². The number of carbonyl (C=O) groups is 1. The molecule has 1 aliphatic heterocycles. The fraction of sp³-hybridized carbons (Fsp3) is 0.150. The van der Waals surface area contributed by atoms with E-state index in [0.717, 1.165) is 27.8 Å². The molecule has 1 heterocycles. The lowest BCUT2D eigenvalue weighted by molar-refractivity contribution is 0.214. The van der Waals surface area contributed by atoms with Crippen LogP contribution in [0.1, 0.15) is 10.9 Å². The molecule has 1 fully saturated rings. The van der Waals surface area contributed by atoms with E-state index < -0.39 is 0 Å². The smallest absolute Gasteiger partial charge is 0.308 e. The monoisotopic (exact) mass is 402 g/mol. The summed E-state index contributed by atoms with van der Waals surface area (Å²) in [5.41, 5.74) is 1.72. The number of halogens is 2. The third-order valence-corrected chi connectivity index (χ3v) is 6.22. The number of benzene rings is 3. The first-order valence-corrected chi connectivity index (χ1v) is 10.1. The summed E-state index contributed by atoms with van der Waals surface area (Å²) in [6, 6.07) is 19.2. The van der Waals surface area contributed by atoms with Crippen molar-refractivity contribution in [1.29, 1.82) is 0 Å². The van der Waals surface area contributed by atoms with Crippen molar-refractivity contribution >= 4 is 57.5 Å². The average Bonchev–Trinajstić information content (AvgIpc) is 3.11. The first kappa shape index (κ1) is 17.5. The van der Waals surface area contributed by atoms with Crippen LogP contribution in [0.5, 0.6) is 0 Å². The molecule has 0 radical (unpaired) electrons. The molecule has 2 amide bonds. The second-order valence-corrected chi connectivity index (χ2v) is 8.07. The quantitative estimate of drug-likeness (QED) is 0.535. The molecule has 0 bridgehead atoms. The van der Waals surface area contributed by atoms with Crippen molar-refractivity contribution in [3.05, 3.63) is 76.3 Å². The second-order valence-electron chi connectivity index (χ2n) is 6.04. The van der Waals surface area contributed by atoms with Crippen molar-refractivity contribution in [1.82, 2.24) is 4.90 Å². The normalized spacial score (nSPS) is 16.8. The minimum atomic E-state index is -0.123. The lowest BCUT2D eigenvalue weighted by Crippen LogP contribution is -2.34. The van der Waals surface area contributed by atoms with E-state index in [2.05, 4.69) is 5.32 Å². The van der Waals surface area contributed by atoms with Crippen molar-refractivity contribution < 1.29 is 4.79 Å². The summed E-state index contributed by atoms with van der Waals surface area (Å²) in [5, 5.41) is 6.24. The number of hydrogen-bond donors (Lipinski definition) is 1. The zero-order chi connectivity index (χ0) is 18.1. The lowest BCUT2D eigenvalue weighted by atomic mass is 10.1. The van der Waals surface area contributed by atoms with Gasteiger partial charge in [-0.25, -0.2) is 4.79 Å².